The van der Waals surface area contributed by atoms with Gasteiger partial charge in [-0.05, 0) is 35.2 Å². The summed E-state index contributed by atoms with van der Waals surface area (Å²) in [5.74, 6) is -2.71. The highest BCUT2D eigenvalue weighted by Gasteiger charge is 2.29. The van der Waals surface area contributed by atoms with Crippen LogP contribution in [0.4, 0.5) is 0 Å². The van der Waals surface area contributed by atoms with Crippen molar-refractivity contribution >= 4 is 23.8 Å². The first-order valence-corrected chi connectivity index (χ1v) is 13.7. The number of hydrogen-bond acceptors (Lipinski definition) is 6. The number of amides is 2. The van der Waals surface area contributed by atoms with Crippen LogP contribution in [0.25, 0.3) is 0 Å². The third kappa shape index (κ3) is 8.97. The Morgan fingerprint density at radius 3 is 1.69 bits per heavy atom. The summed E-state index contributed by atoms with van der Waals surface area (Å²) in [5.41, 5.74) is 8.99. The van der Waals surface area contributed by atoms with E-state index in [-0.39, 0.29) is 25.1 Å². The molecule has 0 aromatic heterocycles. The molecule has 0 saturated carbocycles. The monoisotopic (exact) mass is 563 g/mol. The molecule has 3 N–H and O–H groups in total. The zero-order valence-electron chi connectivity index (χ0n) is 23.1. The van der Waals surface area contributed by atoms with Gasteiger partial charge in [-0.25, -0.2) is 9.59 Å². The van der Waals surface area contributed by atoms with Crippen LogP contribution in [0.3, 0.4) is 0 Å². The summed E-state index contributed by atoms with van der Waals surface area (Å²) in [6, 6.07) is 33.8. The number of nitrogens with one attached hydrogen (secondary N) is 1. The van der Waals surface area contributed by atoms with Crippen molar-refractivity contribution in [2.24, 2.45) is 5.73 Å². The Morgan fingerprint density at radius 1 is 0.667 bits per heavy atom. The third-order valence-electron chi connectivity index (χ3n) is 6.58. The molecule has 4 rings (SSSR count). The minimum Gasteiger partial charge on any atom is -0.388 e. The molecule has 0 aliphatic heterocycles. The number of rotatable bonds is 12. The van der Waals surface area contributed by atoms with E-state index in [1.165, 1.54) is 17.0 Å². The summed E-state index contributed by atoms with van der Waals surface area (Å²) < 4.78 is 5.13. The van der Waals surface area contributed by atoms with Crippen molar-refractivity contribution in [2.75, 3.05) is 6.54 Å². The average molecular weight is 564 g/mol. The van der Waals surface area contributed by atoms with Crippen molar-refractivity contribution in [3.05, 3.63) is 144 Å². The second-order valence-corrected chi connectivity index (χ2v) is 9.86. The maximum absolute atomic E-state index is 13.5. The molecule has 8 heteroatoms. The minimum atomic E-state index is -1.17. The van der Waals surface area contributed by atoms with Gasteiger partial charge in [0.15, 0.2) is 0 Å². The van der Waals surface area contributed by atoms with Crippen LogP contribution >= 0.6 is 0 Å². The van der Waals surface area contributed by atoms with Gasteiger partial charge in [0, 0.05) is 13.0 Å². The van der Waals surface area contributed by atoms with E-state index < -0.39 is 35.8 Å². The summed E-state index contributed by atoms with van der Waals surface area (Å²) in [6.45, 7) is -0.197. The molecule has 2 atom stereocenters. The zero-order chi connectivity index (χ0) is 29.7. The van der Waals surface area contributed by atoms with Crippen LogP contribution in [0.5, 0.6) is 0 Å². The molecule has 0 spiro atoms. The van der Waals surface area contributed by atoms with E-state index in [9.17, 15) is 19.2 Å². The number of ether oxygens (including phenoxy) is 1. The van der Waals surface area contributed by atoms with Crippen LogP contribution in [-0.4, -0.2) is 47.3 Å². The van der Waals surface area contributed by atoms with E-state index >= 15 is 0 Å². The Kier molecular flexibility index (Phi) is 10.7. The van der Waals surface area contributed by atoms with E-state index in [2.05, 4.69) is 5.32 Å². The maximum Gasteiger partial charge on any atom is 0.345 e. The molecule has 4 aromatic rings. The maximum atomic E-state index is 13.5. The lowest BCUT2D eigenvalue weighted by atomic mass is 10.0. The lowest BCUT2D eigenvalue weighted by molar-refractivity contribution is -0.143. The fourth-order valence-corrected chi connectivity index (χ4v) is 4.46. The summed E-state index contributed by atoms with van der Waals surface area (Å²) in [6.07, 6.45) is 0.394. The van der Waals surface area contributed by atoms with E-state index in [1.807, 2.05) is 78.9 Å². The highest BCUT2D eigenvalue weighted by Crippen LogP contribution is 2.11. The topological polar surface area (TPSA) is 119 Å². The van der Waals surface area contributed by atoms with E-state index in [0.717, 1.165) is 16.7 Å². The highest BCUT2D eigenvalue weighted by molar-refractivity contribution is 5.99. The first-order valence-electron chi connectivity index (χ1n) is 13.7. The summed E-state index contributed by atoms with van der Waals surface area (Å²) in [5, 5.41) is 2.68. The van der Waals surface area contributed by atoms with Gasteiger partial charge in [0.25, 0.3) is 0 Å². The third-order valence-corrected chi connectivity index (χ3v) is 6.58. The molecule has 0 aliphatic rings. The smallest absolute Gasteiger partial charge is 0.345 e. The Hall–Kier alpha value is -5.08. The van der Waals surface area contributed by atoms with Crippen molar-refractivity contribution in [3.63, 3.8) is 0 Å². The molecule has 0 saturated heterocycles. The van der Waals surface area contributed by atoms with E-state index in [4.69, 9.17) is 10.5 Å². The normalized spacial score (nSPS) is 12.0. The standard InChI is InChI=1S/C34H33N3O5/c35-29(21-25-13-5-1-6-14-25)32(39)37(23-27-17-9-3-10-18-27)24-31(38)36-30(22-26-15-7-2-8-16-26)34(41)42-33(40)28-19-11-4-12-20-28/h1-20,29-30H,21-24,35H2,(H,36,38)/t29-,30-/m0/s1. The zero-order valence-corrected chi connectivity index (χ0v) is 23.1. The molecular formula is C34H33N3O5. The number of nitrogens with two attached hydrogens (primary N) is 1. The van der Waals surface area contributed by atoms with Gasteiger partial charge < -0.3 is 20.7 Å². The molecule has 4 aromatic carbocycles. The Balaban J connectivity index is 1.49. The fraction of sp³-hybridized carbons (Fsp3) is 0.176. The van der Waals surface area contributed by atoms with Gasteiger partial charge in [-0.15, -0.1) is 0 Å². The first kappa shape index (κ1) is 29.9. The number of esters is 2. The van der Waals surface area contributed by atoms with Crippen LogP contribution in [0.1, 0.15) is 27.0 Å². The molecule has 42 heavy (non-hydrogen) atoms. The first-order chi connectivity index (χ1) is 20.4. The van der Waals surface area contributed by atoms with Gasteiger partial charge in [0.2, 0.25) is 11.8 Å². The number of benzene rings is 4. The second kappa shape index (κ2) is 15.1. The lowest BCUT2D eigenvalue weighted by Gasteiger charge is -2.26. The van der Waals surface area contributed by atoms with Gasteiger partial charge in [0.05, 0.1) is 18.2 Å². The minimum absolute atomic E-state index is 0.0909. The molecule has 0 radical (unpaired) electrons. The van der Waals surface area contributed by atoms with Gasteiger partial charge >= 0.3 is 11.9 Å². The Labute approximate surface area is 245 Å². The van der Waals surface area contributed by atoms with Gasteiger partial charge in [0.1, 0.15) is 6.04 Å². The van der Waals surface area contributed by atoms with Crippen molar-refractivity contribution in [2.45, 2.75) is 31.5 Å². The van der Waals surface area contributed by atoms with Crippen molar-refractivity contribution < 1.29 is 23.9 Å². The number of carbonyl (C=O) groups is 4. The quantitative estimate of drug-likeness (QED) is 0.201. The molecule has 8 nitrogen and oxygen atoms in total. The van der Waals surface area contributed by atoms with Crippen molar-refractivity contribution in [1.82, 2.24) is 10.2 Å². The van der Waals surface area contributed by atoms with Gasteiger partial charge in [-0.1, -0.05) is 109 Å². The molecular weight excluding hydrogens is 530 g/mol. The fourth-order valence-electron chi connectivity index (χ4n) is 4.46. The lowest BCUT2D eigenvalue weighted by Crippen LogP contribution is -2.51. The molecule has 2 amide bonds. The van der Waals surface area contributed by atoms with Crippen LogP contribution in [-0.2, 0) is 38.5 Å². The molecule has 0 heterocycles. The Bertz CT molecular complexity index is 1460. The predicted octanol–water partition coefficient (Wildman–Crippen LogP) is 3.70. The number of nitrogens with zero attached hydrogens (tertiary/aromatic N) is 1. The Morgan fingerprint density at radius 2 is 1.14 bits per heavy atom. The highest BCUT2D eigenvalue weighted by atomic mass is 16.6. The average Bonchev–Trinajstić information content (AvgIpc) is 3.02. The van der Waals surface area contributed by atoms with E-state index in [1.54, 1.807) is 30.3 Å². The van der Waals surface area contributed by atoms with Crippen molar-refractivity contribution in [1.29, 1.82) is 0 Å². The summed E-state index contributed by atoms with van der Waals surface area (Å²) in [7, 11) is 0. The van der Waals surface area contributed by atoms with Crippen molar-refractivity contribution in [3.8, 4) is 0 Å². The number of hydrogen-bond donors (Lipinski definition) is 2. The van der Waals surface area contributed by atoms with Gasteiger partial charge in [-0.3, -0.25) is 9.59 Å². The summed E-state index contributed by atoms with van der Waals surface area (Å²) in [4.78, 5) is 53.9. The molecule has 0 unspecified atom stereocenters. The predicted molar refractivity (Wildman–Crippen MR) is 159 cm³/mol. The second-order valence-electron chi connectivity index (χ2n) is 9.86. The van der Waals surface area contributed by atoms with Crippen LogP contribution < -0.4 is 11.1 Å². The molecule has 214 valence electrons. The van der Waals surface area contributed by atoms with Crippen LogP contribution in [0.2, 0.25) is 0 Å². The molecule has 0 fully saturated rings. The largest absolute Gasteiger partial charge is 0.388 e. The molecule has 0 aliphatic carbocycles. The SMILES string of the molecule is N[C@@H](Cc1ccccc1)C(=O)N(CC(=O)N[C@@H](Cc1ccccc1)C(=O)OC(=O)c1ccccc1)Cc1ccccc1. The molecule has 0 bridgehead atoms. The van der Waals surface area contributed by atoms with Crippen LogP contribution in [0.15, 0.2) is 121 Å². The summed E-state index contributed by atoms with van der Waals surface area (Å²) >= 11 is 0. The van der Waals surface area contributed by atoms with Crippen LogP contribution in [0, 0.1) is 0 Å². The van der Waals surface area contributed by atoms with Gasteiger partial charge in [-0.2, -0.15) is 0 Å². The number of carbonyl (C=O) groups excluding carboxylic acids is 4. The van der Waals surface area contributed by atoms with E-state index in [0.29, 0.717) is 6.42 Å².